The lowest BCUT2D eigenvalue weighted by Crippen LogP contribution is -2.46. The molecule has 0 saturated carbocycles. The van der Waals surface area contributed by atoms with Crippen LogP contribution < -0.4 is 15.2 Å². The number of nitrogens with two attached hydrogens (primary N) is 1. The van der Waals surface area contributed by atoms with Crippen molar-refractivity contribution in [2.75, 3.05) is 40.5 Å². The molecule has 3 N–H and O–H groups in total. The van der Waals surface area contributed by atoms with E-state index in [2.05, 4.69) is 19.9 Å². The molecule has 7 nitrogen and oxygen atoms in total. The number of aliphatic hydroxyl groups excluding tert-OH is 1. The highest BCUT2D eigenvalue weighted by Crippen LogP contribution is 2.32. The molecule has 0 spiro atoms. The molecule has 1 aliphatic rings. The van der Waals surface area contributed by atoms with E-state index in [9.17, 15) is 9.90 Å². The van der Waals surface area contributed by atoms with Crippen LogP contribution in [-0.2, 0) is 16.0 Å². The largest absolute Gasteiger partial charge is 0.493 e. The van der Waals surface area contributed by atoms with Crippen molar-refractivity contribution in [3.8, 4) is 11.5 Å². The normalized spacial score (nSPS) is 17.9. The molecule has 1 amide bonds. The number of amides is 1. The first-order chi connectivity index (χ1) is 15.6. The minimum atomic E-state index is -0.736. The Morgan fingerprint density at radius 3 is 2.44 bits per heavy atom. The number of hydrogen-bond donors (Lipinski definition) is 2. The van der Waals surface area contributed by atoms with Crippen LogP contribution >= 0.6 is 12.4 Å². The van der Waals surface area contributed by atoms with Crippen molar-refractivity contribution >= 4 is 18.3 Å². The number of nitrogens with zero attached hydrogens (tertiary/aromatic N) is 1. The fourth-order valence-electron chi connectivity index (χ4n) is 4.33. The molecule has 0 bridgehead atoms. The Hall–Kier alpha value is -1.54. The number of carbonyl (C=O) groups is 1. The highest BCUT2D eigenvalue weighted by molar-refractivity contribution is 5.85. The zero-order valence-electron chi connectivity index (χ0n) is 21.7. The maximum Gasteiger partial charge on any atom is 0.228 e. The van der Waals surface area contributed by atoms with Crippen LogP contribution in [0.3, 0.4) is 0 Å². The molecule has 34 heavy (non-hydrogen) atoms. The number of aliphatic hydroxyl groups is 1. The molecule has 0 radical (unpaired) electrons. The van der Waals surface area contributed by atoms with Crippen LogP contribution in [0.2, 0.25) is 0 Å². The third kappa shape index (κ3) is 8.59. The quantitative estimate of drug-likeness (QED) is 0.378. The summed E-state index contributed by atoms with van der Waals surface area (Å²) < 4.78 is 16.5. The van der Waals surface area contributed by atoms with E-state index in [0.717, 1.165) is 30.6 Å². The van der Waals surface area contributed by atoms with E-state index in [0.29, 0.717) is 44.4 Å². The van der Waals surface area contributed by atoms with Gasteiger partial charge in [0.1, 0.15) is 0 Å². The second kappa shape index (κ2) is 14.1. The van der Waals surface area contributed by atoms with E-state index in [1.807, 2.05) is 26.0 Å². The van der Waals surface area contributed by atoms with E-state index < -0.39 is 12.1 Å². The molecule has 1 aromatic rings. The predicted molar refractivity (Wildman–Crippen MR) is 138 cm³/mol. The van der Waals surface area contributed by atoms with Crippen LogP contribution in [0.1, 0.15) is 52.5 Å². The van der Waals surface area contributed by atoms with Crippen LogP contribution in [0.5, 0.6) is 11.5 Å². The Kier molecular flexibility index (Phi) is 12.7. The van der Waals surface area contributed by atoms with Gasteiger partial charge in [-0.15, -0.1) is 12.4 Å². The van der Waals surface area contributed by atoms with Crippen LogP contribution in [-0.4, -0.2) is 68.6 Å². The van der Waals surface area contributed by atoms with Gasteiger partial charge in [-0.05, 0) is 48.8 Å². The lowest BCUT2D eigenvalue weighted by Gasteiger charge is -2.30. The Bertz CT molecular complexity index is 759. The molecule has 3 atom stereocenters. The van der Waals surface area contributed by atoms with Gasteiger partial charge in [0.2, 0.25) is 5.91 Å². The highest BCUT2D eigenvalue weighted by Gasteiger charge is 2.39. The van der Waals surface area contributed by atoms with Crippen molar-refractivity contribution in [1.82, 2.24) is 4.90 Å². The summed E-state index contributed by atoms with van der Waals surface area (Å²) in [6, 6.07) is 5.64. The van der Waals surface area contributed by atoms with Crippen molar-refractivity contribution in [3.05, 3.63) is 23.8 Å². The molecule has 1 aliphatic heterocycles. The smallest absolute Gasteiger partial charge is 0.228 e. The standard InChI is InChI=1S/C26H44N2O5.ClH/c1-18(2)20(16-21(27)22(29)17-28-11-10-26(3,4)25(28)30)14-19-8-9-23(32-6)24(15-19)33-13-7-12-31-5;/h8-9,15,18,20-22,29H,7,10-14,16-17,27H2,1-6H3;1H/t20-,21-,22-;/m0./s1. The molecule has 196 valence electrons. The summed E-state index contributed by atoms with van der Waals surface area (Å²) in [6.07, 6.45) is 2.39. The maximum atomic E-state index is 12.5. The number of rotatable bonds is 14. The lowest BCUT2D eigenvalue weighted by atomic mass is 9.83. The van der Waals surface area contributed by atoms with Crippen molar-refractivity contribution in [3.63, 3.8) is 0 Å². The predicted octanol–water partition coefficient (Wildman–Crippen LogP) is 3.68. The number of ether oxygens (including phenoxy) is 3. The minimum Gasteiger partial charge on any atom is -0.493 e. The first-order valence-electron chi connectivity index (χ1n) is 12.1. The second-order valence-corrected chi connectivity index (χ2v) is 10.2. The minimum absolute atomic E-state index is 0. The summed E-state index contributed by atoms with van der Waals surface area (Å²) >= 11 is 0. The van der Waals surface area contributed by atoms with Gasteiger partial charge in [-0.25, -0.2) is 0 Å². The number of halogens is 1. The van der Waals surface area contributed by atoms with Gasteiger partial charge >= 0.3 is 0 Å². The molecule has 1 fully saturated rings. The molecule has 1 heterocycles. The van der Waals surface area contributed by atoms with Crippen molar-refractivity contribution < 1.29 is 24.1 Å². The Morgan fingerprint density at radius 2 is 1.88 bits per heavy atom. The number of methoxy groups -OCH3 is 2. The molecule has 0 aromatic heterocycles. The first kappa shape index (κ1) is 30.5. The zero-order valence-corrected chi connectivity index (χ0v) is 22.5. The van der Waals surface area contributed by atoms with E-state index in [4.69, 9.17) is 19.9 Å². The van der Waals surface area contributed by atoms with Crippen LogP contribution in [0.4, 0.5) is 0 Å². The summed E-state index contributed by atoms with van der Waals surface area (Å²) in [5.41, 5.74) is 7.23. The van der Waals surface area contributed by atoms with Gasteiger partial charge in [0.25, 0.3) is 0 Å². The summed E-state index contributed by atoms with van der Waals surface area (Å²) in [7, 11) is 3.32. The van der Waals surface area contributed by atoms with Crippen LogP contribution in [0.15, 0.2) is 18.2 Å². The van der Waals surface area contributed by atoms with E-state index in [-0.39, 0.29) is 29.6 Å². The fraction of sp³-hybridized carbons (Fsp3) is 0.731. The van der Waals surface area contributed by atoms with Gasteiger partial charge in [-0.3, -0.25) is 4.79 Å². The molecular weight excluding hydrogens is 456 g/mol. The fourth-order valence-corrected chi connectivity index (χ4v) is 4.33. The summed E-state index contributed by atoms with van der Waals surface area (Å²) in [5.74, 6) is 2.22. The number of likely N-dealkylation sites (tertiary alicyclic amines) is 1. The molecule has 8 heteroatoms. The van der Waals surface area contributed by atoms with Crippen molar-refractivity contribution in [2.24, 2.45) is 23.0 Å². The number of benzene rings is 1. The van der Waals surface area contributed by atoms with Gasteiger partial charge in [-0.2, -0.15) is 0 Å². The van der Waals surface area contributed by atoms with Gasteiger partial charge in [0.05, 0.1) is 19.8 Å². The van der Waals surface area contributed by atoms with Crippen molar-refractivity contribution in [2.45, 2.75) is 65.5 Å². The van der Waals surface area contributed by atoms with Gasteiger partial charge in [-0.1, -0.05) is 33.8 Å². The van der Waals surface area contributed by atoms with Crippen molar-refractivity contribution in [1.29, 1.82) is 0 Å². The van der Waals surface area contributed by atoms with Crippen LogP contribution in [0, 0.1) is 17.3 Å². The molecule has 1 saturated heterocycles. The first-order valence-corrected chi connectivity index (χ1v) is 12.1. The summed E-state index contributed by atoms with van der Waals surface area (Å²) in [6.45, 7) is 10.5. The molecule has 1 aromatic carbocycles. The average Bonchev–Trinajstić information content (AvgIpc) is 3.03. The number of hydrogen-bond acceptors (Lipinski definition) is 6. The van der Waals surface area contributed by atoms with Gasteiger partial charge in [0.15, 0.2) is 11.5 Å². The summed E-state index contributed by atoms with van der Waals surface area (Å²) in [5, 5.41) is 10.8. The molecule has 0 unspecified atom stereocenters. The maximum absolute atomic E-state index is 12.5. The van der Waals surface area contributed by atoms with Crippen LogP contribution in [0.25, 0.3) is 0 Å². The van der Waals surface area contributed by atoms with E-state index in [1.54, 1.807) is 19.1 Å². The SMILES string of the molecule is COCCCOc1cc(C[C@@H](C[C@H](N)[C@@H](O)CN2CCC(C)(C)C2=O)C(C)C)ccc1OC.Cl. The Labute approximate surface area is 211 Å². The number of carbonyl (C=O) groups excluding carboxylic acids is 1. The summed E-state index contributed by atoms with van der Waals surface area (Å²) in [4.78, 5) is 14.3. The highest BCUT2D eigenvalue weighted by atomic mass is 35.5. The van der Waals surface area contributed by atoms with Gasteiger partial charge in [0, 0.05) is 44.7 Å². The number of β-amino-alcohol motifs (C(OH)–C–C–N with tert-alkyl or cyclic N) is 1. The third-order valence-electron chi connectivity index (χ3n) is 6.77. The van der Waals surface area contributed by atoms with Gasteiger partial charge < -0.3 is 30.0 Å². The third-order valence-corrected chi connectivity index (χ3v) is 6.77. The Morgan fingerprint density at radius 1 is 1.18 bits per heavy atom. The monoisotopic (exact) mass is 500 g/mol. The lowest BCUT2D eigenvalue weighted by molar-refractivity contribution is -0.135. The molecule has 2 rings (SSSR count). The zero-order chi connectivity index (χ0) is 24.6. The Balaban J connectivity index is 0.00000578. The topological polar surface area (TPSA) is 94.3 Å². The average molecular weight is 501 g/mol. The second-order valence-electron chi connectivity index (χ2n) is 10.2. The molecular formula is C26H45ClN2O5. The van der Waals surface area contributed by atoms with E-state index >= 15 is 0 Å². The molecule has 0 aliphatic carbocycles. The van der Waals surface area contributed by atoms with E-state index in [1.165, 1.54) is 0 Å².